The largest absolute Gasteiger partial charge is 0.388 e. The molecule has 0 spiro atoms. The lowest BCUT2D eigenvalue weighted by atomic mass is 10.0. The van der Waals surface area contributed by atoms with Crippen molar-refractivity contribution >= 4 is 17.4 Å². The lowest BCUT2D eigenvalue weighted by Crippen LogP contribution is -2.34. The van der Waals surface area contributed by atoms with E-state index in [1.807, 2.05) is 30.3 Å². The highest BCUT2D eigenvalue weighted by Crippen LogP contribution is 2.24. The molecular weight excluding hydrogens is 328 g/mol. The zero-order valence-corrected chi connectivity index (χ0v) is 13.9. The molecule has 0 radical (unpaired) electrons. The SMILES string of the molecule is O=C(C[C@@H]1OC[C@@H](O)[C@H]1OCc1ccccc1)c1ccc(Cl)cc1. The number of benzene rings is 2. The molecule has 0 amide bonds. The third-order valence-electron chi connectivity index (χ3n) is 4.06. The van der Waals surface area contributed by atoms with E-state index < -0.39 is 18.3 Å². The summed E-state index contributed by atoms with van der Waals surface area (Å²) in [5.74, 6) is -0.0564. The van der Waals surface area contributed by atoms with Gasteiger partial charge in [0.1, 0.15) is 12.2 Å². The van der Waals surface area contributed by atoms with Crippen molar-refractivity contribution in [2.24, 2.45) is 0 Å². The Morgan fingerprint density at radius 3 is 2.58 bits per heavy atom. The topological polar surface area (TPSA) is 55.8 Å². The fourth-order valence-corrected chi connectivity index (χ4v) is 2.88. The second kappa shape index (κ2) is 7.90. The van der Waals surface area contributed by atoms with E-state index in [-0.39, 0.29) is 18.8 Å². The number of aliphatic hydroxyl groups is 1. The van der Waals surface area contributed by atoms with Crippen LogP contribution in [0.5, 0.6) is 0 Å². The highest BCUT2D eigenvalue weighted by atomic mass is 35.5. The number of rotatable bonds is 6. The number of carbonyl (C=O) groups excluding carboxylic acids is 1. The van der Waals surface area contributed by atoms with Gasteiger partial charge in [0, 0.05) is 17.0 Å². The van der Waals surface area contributed by atoms with Crippen LogP contribution in [-0.2, 0) is 16.1 Å². The molecule has 1 saturated heterocycles. The van der Waals surface area contributed by atoms with Gasteiger partial charge in [-0.2, -0.15) is 0 Å². The Hall–Kier alpha value is -1.72. The minimum absolute atomic E-state index is 0.0564. The van der Waals surface area contributed by atoms with Crippen molar-refractivity contribution in [3.63, 3.8) is 0 Å². The van der Waals surface area contributed by atoms with E-state index in [4.69, 9.17) is 21.1 Å². The molecule has 4 nitrogen and oxygen atoms in total. The first-order valence-electron chi connectivity index (χ1n) is 7.87. The molecule has 1 aliphatic heterocycles. The molecule has 0 aliphatic carbocycles. The van der Waals surface area contributed by atoms with Crippen molar-refractivity contribution in [2.45, 2.75) is 31.3 Å². The minimum Gasteiger partial charge on any atom is -0.388 e. The fraction of sp³-hybridized carbons (Fsp3) is 0.316. The Kier molecular flexibility index (Phi) is 5.63. The first kappa shape index (κ1) is 17.1. The third kappa shape index (κ3) is 4.22. The highest BCUT2D eigenvalue weighted by Gasteiger charge is 2.38. The van der Waals surface area contributed by atoms with Crippen molar-refractivity contribution in [1.82, 2.24) is 0 Å². The van der Waals surface area contributed by atoms with Gasteiger partial charge in [-0.1, -0.05) is 41.9 Å². The van der Waals surface area contributed by atoms with Gasteiger partial charge in [-0.25, -0.2) is 0 Å². The molecule has 3 atom stereocenters. The molecular formula is C19H19ClO4. The maximum atomic E-state index is 12.4. The summed E-state index contributed by atoms with van der Waals surface area (Å²) in [4.78, 5) is 12.4. The Morgan fingerprint density at radius 1 is 1.17 bits per heavy atom. The average molecular weight is 347 g/mol. The van der Waals surface area contributed by atoms with Crippen LogP contribution in [0.4, 0.5) is 0 Å². The van der Waals surface area contributed by atoms with E-state index in [1.54, 1.807) is 24.3 Å². The zero-order chi connectivity index (χ0) is 16.9. The first-order chi connectivity index (χ1) is 11.6. The Balaban J connectivity index is 1.61. The molecule has 5 heteroatoms. The van der Waals surface area contributed by atoms with Gasteiger partial charge >= 0.3 is 0 Å². The van der Waals surface area contributed by atoms with Crippen LogP contribution < -0.4 is 0 Å². The summed E-state index contributed by atoms with van der Waals surface area (Å²) >= 11 is 5.84. The van der Waals surface area contributed by atoms with Gasteiger partial charge in [-0.3, -0.25) is 4.79 Å². The number of hydrogen-bond acceptors (Lipinski definition) is 4. The zero-order valence-electron chi connectivity index (χ0n) is 13.1. The van der Waals surface area contributed by atoms with E-state index in [0.29, 0.717) is 17.2 Å². The van der Waals surface area contributed by atoms with Crippen LogP contribution in [0.1, 0.15) is 22.3 Å². The van der Waals surface area contributed by atoms with Crippen LogP contribution in [0.15, 0.2) is 54.6 Å². The number of halogens is 1. The molecule has 3 rings (SSSR count). The number of ether oxygens (including phenoxy) is 2. The first-order valence-corrected chi connectivity index (χ1v) is 8.25. The monoisotopic (exact) mass is 346 g/mol. The Morgan fingerprint density at radius 2 is 1.88 bits per heavy atom. The number of Topliss-reactive ketones (excluding diaryl/α,β-unsaturated/α-hetero) is 1. The number of hydrogen-bond donors (Lipinski definition) is 1. The second-order valence-corrected chi connectivity index (χ2v) is 6.27. The predicted octanol–water partition coefficient (Wildman–Crippen LogP) is 3.26. The number of carbonyl (C=O) groups is 1. The van der Waals surface area contributed by atoms with Gasteiger partial charge < -0.3 is 14.6 Å². The van der Waals surface area contributed by atoms with Crippen LogP contribution >= 0.6 is 11.6 Å². The average Bonchev–Trinajstić information content (AvgIpc) is 2.94. The Bertz CT molecular complexity index is 672. The fourth-order valence-electron chi connectivity index (χ4n) is 2.76. The molecule has 1 N–H and O–H groups in total. The van der Waals surface area contributed by atoms with Gasteiger partial charge in [0.2, 0.25) is 0 Å². The number of ketones is 1. The maximum absolute atomic E-state index is 12.4. The maximum Gasteiger partial charge on any atom is 0.165 e. The molecule has 24 heavy (non-hydrogen) atoms. The van der Waals surface area contributed by atoms with Gasteiger partial charge in [-0.05, 0) is 29.8 Å². The van der Waals surface area contributed by atoms with E-state index >= 15 is 0 Å². The molecule has 126 valence electrons. The molecule has 2 aromatic rings. The minimum atomic E-state index is -0.725. The van der Waals surface area contributed by atoms with E-state index in [9.17, 15) is 9.90 Å². The molecule has 0 unspecified atom stereocenters. The van der Waals surface area contributed by atoms with Gasteiger partial charge in [-0.15, -0.1) is 0 Å². The molecule has 0 aromatic heterocycles. The van der Waals surface area contributed by atoms with Crippen molar-refractivity contribution < 1.29 is 19.4 Å². The van der Waals surface area contributed by atoms with E-state index in [2.05, 4.69) is 0 Å². The number of aliphatic hydroxyl groups excluding tert-OH is 1. The van der Waals surface area contributed by atoms with Crippen LogP contribution in [0.2, 0.25) is 5.02 Å². The molecule has 0 bridgehead atoms. The summed E-state index contributed by atoms with van der Waals surface area (Å²) in [7, 11) is 0. The molecule has 0 saturated carbocycles. The van der Waals surface area contributed by atoms with Crippen molar-refractivity contribution in [3.8, 4) is 0 Å². The normalized spacial score (nSPS) is 23.3. The smallest absolute Gasteiger partial charge is 0.165 e. The summed E-state index contributed by atoms with van der Waals surface area (Å²) < 4.78 is 11.4. The molecule has 1 fully saturated rings. The standard InChI is InChI=1S/C19H19ClO4/c20-15-8-6-14(7-9-15)16(21)10-18-19(17(22)12-23-18)24-11-13-4-2-1-3-5-13/h1-9,17-19,22H,10-12H2/t17-,18+,19-/m1/s1. The third-order valence-corrected chi connectivity index (χ3v) is 4.32. The summed E-state index contributed by atoms with van der Waals surface area (Å²) in [5.41, 5.74) is 1.59. The van der Waals surface area contributed by atoms with Crippen LogP contribution in [0.3, 0.4) is 0 Å². The molecule has 1 heterocycles. The Labute approximate surface area is 146 Å². The molecule has 1 aliphatic rings. The van der Waals surface area contributed by atoms with E-state index in [1.165, 1.54) is 0 Å². The van der Waals surface area contributed by atoms with Gasteiger partial charge in [0.15, 0.2) is 5.78 Å². The predicted molar refractivity (Wildman–Crippen MR) is 91.2 cm³/mol. The second-order valence-electron chi connectivity index (χ2n) is 5.83. The van der Waals surface area contributed by atoms with Crippen molar-refractivity contribution in [1.29, 1.82) is 0 Å². The summed E-state index contributed by atoms with van der Waals surface area (Å²) in [5, 5.41) is 10.7. The summed E-state index contributed by atoms with van der Waals surface area (Å²) in [6.45, 7) is 0.551. The lowest BCUT2D eigenvalue weighted by Gasteiger charge is -2.20. The van der Waals surface area contributed by atoms with Crippen molar-refractivity contribution in [2.75, 3.05) is 6.61 Å². The quantitative estimate of drug-likeness (QED) is 0.816. The van der Waals surface area contributed by atoms with Gasteiger partial charge in [0.05, 0.1) is 19.3 Å². The van der Waals surface area contributed by atoms with Crippen LogP contribution in [0, 0.1) is 0 Å². The molecule has 2 aromatic carbocycles. The summed E-state index contributed by atoms with van der Waals surface area (Å²) in [6, 6.07) is 16.5. The van der Waals surface area contributed by atoms with Crippen LogP contribution in [0.25, 0.3) is 0 Å². The highest BCUT2D eigenvalue weighted by molar-refractivity contribution is 6.30. The summed E-state index contributed by atoms with van der Waals surface area (Å²) in [6.07, 6.45) is -1.52. The van der Waals surface area contributed by atoms with Crippen molar-refractivity contribution in [3.05, 3.63) is 70.7 Å². The lowest BCUT2D eigenvalue weighted by molar-refractivity contribution is -0.0459. The van der Waals surface area contributed by atoms with Gasteiger partial charge in [0.25, 0.3) is 0 Å². The van der Waals surface area contributed by atoms with E-state index in [0.717, 1.165) is 5.56 Å². The van der Waals surface area contributed by atoms with Crippen LogP contribution in [-0.4, -0.2) is 35.8 Å².